The quantitative estimate of drug-likeness (QED) is 0.756. The Morgan fingerprint density at radius 1 is 1.19 bits per heavy atom. The van der Waals surface area contributed by atoms with Gasteiger partial charge in [-0.15, -0.1) is 0 Å². The van der Waals surface area contributed by atoms with Gasteiger partial charge in [-0.3, -0.25) is 4.90 Å². The van der Waals surface area contributed by atoms with Gasteiger partial charge >= 0.3 is 0 Å². The number of hydrogen-bond acceptors (Lipinski definition) is 2. The zero-order chi connectivity index (χ0) is 11.4. The monoisotopic (exact) mass is 214 g/mol. The standard InChI is InChI=1S/C14H18N2/c1-12-7-3-4-8-13(12)14(11-15)16-9-5-2-6-10-16/h3-4,7-8,14H,2,5-6,9-10H2,1H3. The van der Waals surface area contributed by atoms with Gasteiger partial charge in [-0.05, 0) is 44.0 Å². The average molecular weight is 214 g/mol. The third-order valence-electron chi connectivity index (χ3n) is 3.36. The molecule has 1 unspecified atom stereocenters. The van der Waals surface area contributed by atoms with Gasteiger partial charge in [0.25, 0.3) is 0 Å². The highest BCUT2D eigenvalue weighted by molar-refractivity contribution is 5.32. The van der Waals surface area contributed by atoms with Crippen molar-refractivity contribution < 1.29 is 0 Å². The minimum Gasteiger partial charge on any atom is -0.284 e. The molecule has 0 saturated carbocycles. The molecular formula is C14H18N2. The lowest BCUT2D eigenvalue weighted by atomic mass is 9.99. The molecule has 1 aliphatic rings. The van der Waals surface area contributed by atoms with Gasteiger partial charge in [-0.25, -0.2) is 0 Å². The summed E-state index contributed by atoms with van der Waals surface area (Å²) in [6, 6.07) is 10.6. The lowest BCUT2D eigenvalue weighted by molar-refractivity contribution is 0.195. The number of benzene rings is 1. The minimum atomic E-state index is -0.0542. The van der Waals surface area contributed by atoms with Crippen molar-refractivity contribution in [3.05, 3.63) is 35.4 Å². The van der Waals surface area contributed by atoms with E-state index in [1.807, 2.05) is 12.1 Å². The van der Waals surface area contributed by atoms with Crippen LogP contribution in [0.15, 0.2) is 24.3 Å². The molecule has 0 spiro atoms. The van der Waals surface area contributed by atoms with Gasteiger partial charge in [0.15, 0.2) is 0 Å². The minimum absolute atomic E-state index is 0.0542. The number of likely N-dealkylation sites (tertiary alicyclic amines) is 1. The summed E-state index contributed by atoms with van der Waals surface area (Å²) in [5.74, 6) is 0. The summed E-state index contributed by atoms with van der Waals surface area (Å²) in [7, 11) is 0. The van der Waals surface area contributed by atoms with Crippen molar-refractivity contribution in [1.82, 2.24) is 4.90 Å². The van der Waals surface area contributed by atoms with E-state index in [0.29, 0.717) is 0 Å². The maximum Gasteiger partial charge on any atom is 0.124 e. The van der Waals surface area contributed by atoms with Gasteiger partial charge in [-0.2, -0.15) is 5.26 Å². The van der Waals surface area contributed by atoms with Crippen molar-refractivity contribution in [3.63, 3.8) is 0 Å². The molecule has 1 aromatic rings. The molecule has 2 nitrogen and oxygen atoms in total. The highest BCUT2D eigenvalue weighted by Crippen LogP contribution is 2.25. The van der Waals surface area contributed by atoms with Crippen LogP contribution in [0.25, 0.3) is 0 Å². The van der Waals surface area contributed by atoms with Crippen molar-refractivity contribution in [2.24, 2.45) is 0 Å². The summed E-state index contributed by atoms with van der Waals surface area (Å²) in [5.41, 5.74) is 2.39. The van der Waals surface area contributed by atoms with Gasteiger partial charge in [0.1, 0.15) is 6.04 Å². The molecule has 1 atom stereocenters. The number of hydrogen-bond donors (Lipinski definition) is 0. The Bertz CT molecular complexity index is 386. The van der Waals surface area contributed by atoms with Crippen LogP contribution in [0.5, 0.6) is 0 Å². The molecule has 1 aromatic carbocycles. The molecule has 0 aromatic heterocycles. The first-order chi connectivity index (χ1) is 7.83. The SMILES string of the molecule is Cc1ccccc1C(C#N)N1CCCCC1. The molecule has 16 heavy (non-hydrogen) atoms. The second-order valence-corrected chi connectivity index (χ2v) is 4.48. The van der Waals surface area contributed by atoms with Crippen LogP contribution in [0, 0.1) is 18.3 Å². The maximum absolute atomic E-state index is 9.36. The van der Waals surface area contributed by atoms with Crippen LogP contribution >= 0.6 is 0 Å². The first-order valence-electron chi connectivity index (χ1n) is 6.02. The topological polar surface area (TPSA) is 27.0 Å². The zero-order valence-corrected chi connectivity index (χ0v) is 9.82. The van der Waals surface area contributed by atoms with Crippen molar-refractivity contribution in [1.29, 1.82) is 5.26 Å². The Balaban J connectivity index is 2.22. The number of rotatable bonds is 2. The first-order valence-corrected chi connectivity index (χ1v) is 6.02. The van der Waals surface area contributed by atoms with Crippen LogP contribution in [0.1, 0.15) is 36.4 Å². The van der Waals surface area contributed by atoms with E-state index in [1.54, 1.807) is 0 Å². The fourth-order valence-corrected chi connectivity index (χ4v) is 2.42. The largest absolute Gasteiger partial charge is 0.284 e. The number of nitriles is 1. The van der Waals surface area contributed by atoms with Crippen LogP contribution in [-0.2, 0) is 0 Å². The van der Waals surface area contributed by atoms with E-state index in [0.717, 1.165) is 13.1 Å². The fourth-order valence-electron chi connectivity index (χ4n) is 2.42. The predicted molar refractivity (Wildman–Crippen MR) is 65.0 cm³/mol. The summed E-state index contributed by atoms with van der Waals surface area (Å²) >= 11 is 0. The third-order valence-corrected chi connectivity index (χ3v) is 3.36. The van der Waals surface area contributed by atoms with E-state index in [4.69, 9.17) is 0 Å². The summed E-state index contributed by atoms with van der Waals surface area (Å²) in [5, 5.41) is 9.36. The molecule has 1 saturated heterocycles. The van der Waals surface area contributed by atoms with E-state index in [-0.39, 0.29) is 6.04 Å². The van der Waals surface area contributed by atoms with E-state index in [2.05, 4.69) is 30.0 Å². The number of nitrogens with zero attached hydrogens (tertiary/aromatic N) is 2. The van der Waals surface area contributed by atoms with Crippen molar-refractivity contribution in [2.45, 2.75) is 32.2 Å². The van der Waals surface area contributed by atoms with Crippen LogP contribution in [-0.4, -0.2) is 18.0 Å². The van der Waals surface area contributed by atoms with Gasteiger partial charge < -0.3 is 0 Å². The van der Waals surface area contributed by atoms with Crippen LogP contribution in [0.3, 0.4) is 0 Å². The summed E-state index contributed by atoms with van der Waals surface area (Å²) < 4.78 is 0. The molecular weight excluding hydrogens is 196 g/mol. The normalized spacial score (nSPS) is 19.0. The second kappa shape index (κ2) is 5.14. The van der Waals surface area contributed by atoms with E-state index < -0.39 is 0 Å². The highest BCUT2D eigenvalue weighted by Gasteiger charge is 2.22. The predicted octanol–water partition coefficient (Wildman–Crippen LogP) is 3.05. The lowest BCUT2D eigenvalue weighted by Gasteiger charge is -2.31. The summed E-state index contributed by atoms with van der Waals surface area (Å²) in [6.07, 6.45) is 3.76. The molecule has 2 heteroatoms. The molecule has 1 aliphatic heterocycles. The fraction of sp³-hybridized carbons (Fsp3) is 0.500. The molecule has 1 heterocycles. The Morgan fingerprint density at radius 2 is 1.88 bits per heavy atom. The average Bonchev–Trinajstić information content (AvgIpc) is 2.34. The maximum atomic E-state index is 9.36. The molecule has 1 fully saturated rings. The van der Waals surface area contributed by atoms with Gasteiger partial charge in [-0.1, -0.05) is 30.7 Å². The molecule has 0 radical (unpaired) electrons. The molecule has 0 N–H and O–H groups in total. The molecule has 0 aliphatic carbocycles. The van der Waals surface area contributed by atoms with Crippen molar-refractivity contribution >= 4 is 0 Å². The second-order valence-electron chi connectivity index (χ2n) is 4.48. The van der Waals surface area contributed by atoms with Gasteiger partial charge in [0, 0.05) is 0 Å². The number of piperidine rings is 1. The Hall–Kier alpha value is -1.33. The number of aryl methyl sites for hydroxylation is 1. The van der Waals surface area contributed by atoms with Gasteiger partial charge in [0.05, 0.1) is 6.07 Å². The van der Waals surface area contributed by atoms with Crippen LogP contribution in [0.2, 0.25) is 0 Å². The zero-order valence-electron chi connectivity index (χ0n) is 9.82. The van der Waals surface area contributed by atoms with Gasteiger partial charge in [0.2, 0.25) is 0 Å². The lowest BCUT2D eigenvalue weighted by Crippen LogP contribution is -2.33. The van der Waals surface area contributed by atoms with E-state index in [9.17, 15) is 5.26 Å². The summed E-state index contributed by atoms with van der Waals surface area (Å²) in [4.78, 5) is 2.31. The highest BCUT2D eigenvalue weighted by atomic mass is 15.2. The molecule has 2 rings (SSSR count). The van der Waals surface area contributed by atoms with E-state index in [1.165, 1.54) is 30.4 Å². The molecule has 0 amide bonds. The van der Waals surface area contributed by atoms with Crippen molar-refractivity contribution in [2.75, 3.05) is 13.1 Å². The Morgan fingerprint density at radius 3 is 2.50 bits per heavy atom. The third kappa shape index (κ3) is 2.25. The van der Waals surface area contributed by atoms with E-state index >= 15 is 0 Å². The Labute approximate surface area is 97.5 Å². The smallest absolute Gasteiger partial charge is 0.124 e. The molecule has 84 valence electrons. The molecule has 0 bridgehead atoms. The first kappa shape index (κ1) is 11.2. The van der Waals surface area contributed by atoms with Crippen LogP contribution < -0.4 is 0 Å². The van der Waals surface area contributed by atoms with Crippen molar-refractivity contribution in [3.8, 4) is 6.07 Å². The summed E-state index contributed by atoms with van der Waals surface area (Å²) in [6.45, 7) is 4.21. The van der Waals surface area contributed by atoms with Crippen LogP contribution in [0.4, 0.5) is 0 Å². The Kier molecular flexibility index (Phi) is 3.58.